The molecule has 0 saturated carbocycles. The van der Waals surface area contributed by atoms with Crippen LogP contribution in [0.15, 0.2) is 66.5 Å². The number of nitrogens with one attached hydrogen (secondary N) is 1. The molecular weight excluding hydrogens is 467 g/mol. The zero-order valence-corrected chi connectivity index (χ0v) is 18.9. The molecule has 1 N–H and O–H groups in total. The first-order chi connectivity index (χ1) is 16.1. The fourth-order valence-corrected chi connectivity index (χ4v) is 5.21. The summed E-state index contributed by atoms with van der Waals surface area (Å²) in [6.07, 6.45) is 6.04. The summed E-state index contributed by atoms with van der Waals surface area (Å²) < 4.78 is 41.8. The molecule has 0 spiro atoms. The number of halogens is 4. The Morgan fingerprint density at radius 3 is 2.82 bits per heavy atom. The molecule has 1 saturated heterocycles. The van der Waals surface area contributed by atoms with E-state index in [9.17, 15) is 18.0 Å². The van der Waals surface area contributed by atoms with Crippen molar-refractivity contribution in [1.82, 2.24) is 24.6 Å². The molecule has 1 fully saturated rings. The van der Waals surface area contributed by atoms with E-state index in [1.807, 2.05) is 25.2 Å². The average Bonchev–Trinajstić information content (AvgIpc) is 3.52. The second-order valence-corrected chi connectivity index (χ2v) is 9.11. The summed E-state index contributed by atoms with van der Waals surface area (Å²) in [7, 11) is 0. The van der Waals surface area contributed by atoms with Crippen LogP contribution in [0.2, 0.25) is 5.02 Å². The highest BCUT2D eigenvalue weighted by atomic mass is 35.5. The van der Waals surface area contributed by atoms with Crippen LogP contribution in [0.5, 0.6) is 0 Å². The van der Waals surface area contributed by atoms with Crippen molar-refractivity contribution in [2.75, 3.05) is 6.54 Å². The third-order valence-corrected chi connectivity index (χ3v) is 6.78. The monoisotopic (exact) mass is 487 g/mol. The minimum atomic E-state index is -4.58. The third-order valence-electron chi connectivity index (χ3n) is 6.46. The first-order valence-corrected chi connectivity index (χ1v) is 11.0. The molecule has 34 heavy (non-hydrogen) atoms. The van der Waals surface area contributed by atoms with Crippen molar-refractivity contribution in [3.63, 3.8) is 0 Å². The lowest BCUT2D eigenvalue weighted by atomic mass is 9.84. The van der Waals surface area contributed by atoms with Gasteiger partial charge in [-0.1, -0.05) is 41.5 Å². The van der Waals surface area contributed by atoms with E-state index >= 15 is 0 Å². The molecule has 6 nitrogen and oxygen atoms in total. The minimum Gasteiger partial charge on any atom is -0.341 e. The van der Waals surface area contributed by atoms with Crippen LogP contribution in [-0.4, -0.2) is 37.5 Å². The maximum absolute atomic E-state index is 13.4. The molecule has 176 valence electrons. The Bertz CT molecular complexity index is 1340. The predicted octanol–water partition coefficient (Wildman–Crippen LogP) is 5.42. The molecule has 2 aromatic heterocycles. The van der Waals surface area contributed by atoms with Gasteiger partial charge in [0.2, 0.25) is 0 Å². The van der Waals surface area contributed by atoms with Crippen LogP contribution < -0.4 is 0 Å². The minimum absolute atomic E-state index is 0.235. The highest BCUT2D eigenvalue weighted by Gasteiger charge is 2.51. The quantitative estimate of drug-likeness (QED) is 0.394. The van der Waals surface area contributed by atoms with E-state index < -0.39 is 28.3 Å². The van der Waals surface area contributed by atoms with Crippen LogP contribution >= 0.6 is 11.6 Å². The van der Waals surface area contributed by atoms with Gasteiger partial charge < -0.3 is 9.78 Å². The van der Waals surface area contributed by atoms with Crippen LogP contribution in [0.1, 0.15) is 30.8 Å². The zero-order chi connectivity index (χ0) is 24.3. The molecular formula is C24H21ClF3N5O. The number of hydrogen-bond donors (Lipinski definition) is 1. The molecule has 2 unspecified atom stereocenters. The van der Waals surface area contributed by atoms with Gasteiger partial charge in [-0.15, -0.1) is 0 Å². The summed E-state index contributed by atoms with van der Waals surface area (Å²) in [5, 5.41) is 4.05. The van der Waals surface area contributed by atoms with Crippen molar-refractivity contribution in [1.29, 1.82) is 0 Å². The third kappa shape index (κ3) is 3.50. The van der Waals surface area contributed by atoms with Gasteiger partial charge in [0, 0.05) is 18.9 Å². The number of hydrogen-bond acceptors (Lipinski definition) is 4. The molecule has 0 radical (unpaired) electrons. The van der Waals surface area contributed by atoms with E-state index in [4.69, 9.17) is 11.6 Å². The molecule has 1 aliphatic heterocycles. The SMILES string of the molecule is C=C1CC(c2nc3cc(Cl)c(C(F)(F)F)cc3[nH]2)N(C2(n3cccn3)C=CC(C)=C[C@@H]2C=O)C1. The van der Waals surface area contributed by atoms with Gasteiger partial charge >= 0.3 is 6.18 Å². The smallest absolute Gasteiger partial charge is 0.341 e. The van der Waals surface area contributed by atoms with Crippen molar-refractivity contribution in [2.45, 2.75) is 31.2 Å². The summed E-state index contributed by atoms with van der Waals surface area (Å²) in [6, 6.07) is 3.60. The van der Waals surface area contributed by atoms with Crippen molar-refractivity contribution in [3.05, 3.63) is 83.0 Å². The highest BCUT2D eigenvalue weighted by molar-refractivity contribution is 6.32. The molecule has 2 aliphatic rings. The van der Waals surface area contributed by atoms with Crippen molar-refractivity contribution in [3.8, 4) is 0 Å². The maximum atomic E-state index is 13.4. The predicted molar refractivity (Wildman–Crippen MR) is 122 cm³/mol. The number of H-pyrrole nitrogens is 1. The highest BCUT2D eigenvalue weighted by Crippen LogP contribution is 2.47. The van der Waals surface area contributed by atoms with Crippen LogP contribution in [0, 0.1) is 5.92 Å². The van der Waals surface area contributed by atoms with Gasteiger partial charge in [0.05, 0.1) is 33.6 Å². The average molecular weight is 488 g/mol. The van der Waals surface area contributed by atoms with E-state index in [0.29, 0.717) is 24.3 Å². The number of likely N-dealkylation sites (tertiary alicyclic amines) is 1. The van der Waals surface area contributed by atoms with Gasteiger partial charge in [-0.2, -0.15) is 18.3 Å². The van der Waals surface area contributed by atoms with E-state index in [-0.39, 0.29) is 11.6 Å². The fourth-order valence-electron chi connectivity index (χ4n) is 4.94. The topological polar surface area (TPSA) is 66.8 Å². The van der Waals surface area contributed by atoms with E-state index in [2.05, 4.69) is 26.5 Å². The molecule has 0 bridgehead atoms. The second-order valence-electron chi connectivity index (χ2n) is 8.71. The van der Waals surface area contributed by atoms with E-state index in [1.165, 1.54) is 6.07 Å². The van der Waals surface area contributed by atoms with Crippen LogP contribution in [0.3, 0.4) is 0 Å². The lowest BCUT2D eigenvalue weighted by Crippen LogP contribution is -2.55. The lowest BCUT2D eigenvalue weighted by Gasteiger charge is -2.46. The van der Waals surface area contributed by atoms with Gasteiger partial charge in [0.25, 0.3) is 0 Å². The van der Waals surface area contributed by atoms with Crippen LogP contribution in [-0.2, 0) is 16.6 Å². The van der Waals surface area contributed by atoms with Crippen molar-refractivity contribution in [2.24, 2.45) is 5.92 Å². The second kappa shape index (κ2) is 7.95. The number of allylic oxidation sites excluding steroid dienone is 2. The van der Waals surface area contributed by atoms with E-state index in [0.717, 1.165) is 23.5 Å². The number of imidazole rings is 1. The number of carbonyl (C=O) groups is 1. The zero-order valence-electron chi connectivity index (χ0n) is 18.2. The lowest BCUT2D eigenvalue weighted by molar-refractivity contribution is -0.137. The molecule has 0 amide bonds. The Hall–Kier alpha value is -3.17. The standard InChI is InChI=1S/C24H21ClF3N5O/c1-14-4-5-23(16(8-14)13-34,33-7-3-6-29-33)32-12-15(2)9-21(32)22-30-19-10-17(24(26,27)28)18(25)11-20(19)31-22/h3-8,10-11,13,16,21H,2,9,12H2,1H3,(H,30,31)/t16-,21?,23?/m1/s1. The number of aldehydes is 1. The van der Waals surface area contributed by atoms with Gasteiger partial charge in [-0.25, -0.2) is 9.67 Å². The summed E-state index contributed by atoms with van der Waals surface area (Å²) in [6.45, 7) is 6.53. The molecule has 3 aromatic rings. The molecule has 1 aromatic carbocycles. The number of aromatic amines is 1. The number of carbonyl (C=O) groups excluding carboxylic acids is 1. The molecule has 5 rings (SSSR count). The maximum Gasteiger partial charge on any atom is 0.417 e. The first kappa shape index (κ1) is 22.6. The van der Waals surface area contributed by atoms with Gasteiger partial charge in [-0.05, 0) is 37.6 Å². The van der Waals surface area contributed by atoms with Gasteiger partial charge in [0.15, 0.2) is 0 Å². The normalized spacial score (nSPS) is 25.8. The molecule has 3 atom stereocenters. The number of aromatic nitrogens is 4. The number of nitrogens with zero attached hydrogens (tertiary/aromatic N) is 4. The van der Waals surface area contributed by atoms with Crippen molar-refractivity contribution >= 4 is 28.9 Å². The number of rotatable bonds is 4. The summed E-state index contributed by atoms with van der Waals surface area (Å²) >= 11 is 5.91. The summed E-state index contributed by atoms with van der Waals surface area (Å²) in [5.74, 6) is -0.0821. The van der Waals surface area contributed by atoms with Crippen molar-refractivity contribution < 1.29 is 18.0 Å². The Morgan fingerprint density at radius 2 is 2.15 bits per heavy atom. The number of alkyl halides is 3. The van der Waals surface area contributed by atoms with Crippen LogP contribution in [0.25, 0.3) is 11.0 Å². The Morgan fingerprint density at radius 1 is 1.35 bits per heavy atom. The fraction of sp³-hybridized carbons (Fsp3) is 0.292. The molecule has 3 heterocycles. The van der Waals surface area contributed by atoms with Gasteiger partial charge in [-0.3, -0.25) is 4.90 Å². The molecule has 10 heteroatoms. The largest absolute Gasteiger partial charge is 0.417 e. The Labute approximate surface area is 198 Å². The first-order valence-electron chi connectivity index (χ1n) is 10.7. The number of fused-ring (bicyclic) bond motifs is 1. The molecule has 1 aliphatic carbocycles. The number of benzene rings is 1. The van der Waals surface area contributed by atoms with E-state index in [1.54, 1.807) is 23.1 Å². The van der Waals surface area contributed by atoms with Crippen LogP contribution in [0.4, 0.5) is 13.2 Å². The summed E-state index contributed by atoms with van der Waals surface area (Å²) in [5.41, 5.74) is 0.541. The summed E-state index contributed by atoms with van der Waals surface area (Å²) in [4.78, 5) is 22.0. The Balaban J connectivity index is 1.65. The van der Waals surface area contributed by atoms with Gasteiger partial charge in [0.1, 0.15) is 17.8 Å². The Kier molecular flexibility index (Phi) is 5.29.